The summed E-state index contributed by atoms with van der Waals surface area (Å²) >= 11 is 3.77. The normalized spacial score (nSPS) is 25.9. The van der Waals surface area contributed by atoms with Gasteiger partial charge in [-0.1, -0.05) is 103 Å². The van der Waals surface area contributed by atoms with E-state index < -0.39 is 59.6 Å². The molecular formula is C43H50BrN3O7. The number of likely N-dealkylation sites (tertiary alicyclic amines) is 1. The Hall–Kier alpha value is -4.32. The summed E-state index contributed by atoms with van der Waals surface area (Å²) in [6.45, 7) is 13.0. The van der Waals surface area contributed by atoms with Gasteiger partial charge in [0.1, 0.15) is 17.7 Å². The van der Waals surface area contributed by atoms with Crippen LogP contribution >= 0.6 is 15.9 Å². The van der Waals surface area contributed by atoms with Crippen LogP contribution in [0.15, 0.2) is 98.1 Å². The Bertz CT molecular complexity index is 1900. The van der Waals surface area contributed by atoms with E-state index in [1.165, 1.54) is 4.90 Å². The zero-order chi connectivity index (χ0) is 38.9. The highest BCUT2D eigenvalue weighted by Crippen LogP contribution is 2.61. The molecule has 10 nitrogen and oxygen atoms in total. The summed E-state index contributed by atoms with van der Waals surface area (Å²) < 4.78 is 13.2. The number of ether oxygens (including phenoxy) is 2. The fourth-order valence-corrected chi connectivity index (χ4v) is 9.60. The lowest BCUT2D eigenvalue weighted by Crippen LogP contribution is -2.60. The lowest BCUT2D eigenvalue weighted by atomic mass is 9.70. The minimum atomic E-state index is -1.39. The smallest absolute Gasteiger partial charge is 0.313 e. The first-order chi connectivity index (χ1) is 25.9. The number of aliphatic hydroxyl groups excluding tert-OH is 1. The lowest BCUT2D eigenvalue weighted by Gasteiger charge is -2.40. The van der Waals surface area contributed by atoms with Gasteiger partial charge in [0.25, 0.3) is 5.91 Å². The maximum absolute atomic E-state index is 15.2. The fraction of sp³-hybridized carbons (Fsp3) is 0.442. The van der Waals surface area contributed by atoms with Crippen molar-refractivity contribution in [2.24, 2.45) is 17.8 Å². The number of carbonyl (C=O) groups is 4. The number of allylic oxidation sites excluding steroid dienone is 1. The van der Waals surface area contributed by atoms with E-state index >= 15 is 4.79 Å². The summed E-state index contributed by atoms with van der Waals surface area (Å²) in [6.07, 6.45) is 2.77. The number of hydrogen-bond acceptors (Lipinski definition) is 7. The van der Waals surface area contributed by atoms with Gasteiger partial charge in [0.15, 0.2) is 0 Å². The Morgan fingerprint density at radius 1 is 1.04 bits per heavy atom. The summed E-state index contributed by atoms with van der Waals surface area (Å²) in [6, 6.07) is 20.4. The molecule has 1 spiro atoms. The average molecular weight is 801 g/mol. The summed E-state index contributed by atoms with van der Waals surface area (Å²) in [4.78, 5) is 62.2. The van der Waals surface area contributed by atoms with Crippen LogP contribution in [0.4, 0.5) is 5.69 Å². The van der Waals surface area contributed by atoms with Gasteiger partial charge in [0.2, 0.25) is 11.8 Å². The molecule has 1 N–H and O–H groups in total. The number of halogens is 1. The second kappa shape index (κ2) is 16.2. The first kappa shape index (κ1) is 39.4. The Labute approximate surface area is 325 Å². The maximum atomic E-state index is 15.2. The number of anilines is 1. The van der Waals surface area contributed by atoms with Crippen molar-refractivity contribution in [3.63, 3.8) is 0 Å². The van der Waals surface area contributed by atoms with E-state index in [1.54, 1.807) is 29.0 Å². The molecule has 3 amide bonds. The van der Waals surface area contributed by atoms with Crippen molar-refractivity contribution in [2.45, 2.75) is 80.8 Å². The average Bonchev–Trinajstić information content (AvgIpc) is 3.77. The molecule has 1 unspecified atom stereocenters. The highest BCUT2D eigenvalue weighted by molar-refractivity contribution is 9.09. The number of fused-ring (bicyclic) bond motifs is 2. The van der Waals surface area contributed by atoms with Crippen LogP contribution in [0.2, 0.25) is 0 Å². The molecule has 2 bridgehead atoms. The summed E-state index contributed by atoms with van der Waals surface area (Å²) in [5.74, 6) is -3.91. The third-order valence-corrected chi connectivity index (χ3v) is 12.4. The summed E-state index contributed by atoms with van der Waals surface area (Å²) in [5.41, 5.74) is -0.0687. The van der Waals surface area contributed by atoms with Gasteiger partial charge in [0, 0.05) is 30.5 Å². The lowest BCUT2D eigenvalue weighted by molar-refractivity contribution is -0.165. The van der Waals surface area contributed by atoms with E-state index in [4.69, 9.17) is 9.47 Å². The molecule has 11 heteroatoms. The minimum absolute atomic E-state index is 0.121. The number of likely N-dealkylation sites (N-methyl/N-ethyl adjacent to an activating group) is 1. The monoisotopic (exact) mass is 799 g/mol. The second-order valence-electron chi connectivity index (χ2n) is 15.0. The predicted molar refractivity (Wildman–Crippen MR) is 212 cm³/mol. The molecule has 3 saturated heterocycles. The molecule has 3 fully saturated rings. The van der Waals surface area contributed by atoms with Crippen LogP contribution in [0.5, 0.6) is 0 Å². The molecule has 3 heterocycles. The Kier molecular flexibility index (Phi) is 11.8. The van der Waals surface area contributed by atoms with Crippen LogP contribution in [0.3, 0.4) is 0 Å². The van der Waals surface area contributed by atoms with Crippen LogP contribution in [0, 0.1) is 17.8 Å². The van der Waals surface area contributed by atoms with Crippen molar-refractivity contribution in [1.82, 2.24) is 9.80 Å². The number of rotatable bonds is 15. The molecule has 0 aromatic heterocycles. The van der Waals surface area contributed by atoms with Crippen molar-refractivity contribution in [3.05, 3.63) is 104 Å². The van der Waals surface area contributed by atoms with Crippen LogP contribution in [0.25, 0.3) is 10.8 Å². The number of aliphatic hydroxyl groups is 1. The number of benzene rings is 3. The van der Waals surface area contributed by atoms with Crippen molar-refractivity contribution >= 4 is 56.1 Å². The SMILES string of the molecule is C=CCCC(=O)N(C)[C@@H](C)[C@@H](OC(=O)[C@@H]1[C@H]2O[C@@]3(CC2Br)[C@H](C(=O)N(CC=C)c2ccc4ccccc4c2)N([C@@H](CO)C(C)C)C(=O)[C@@H]13)c1ccccc1. The number of hydrogen-bond donors (Lipinski definition) is 1. The molecule has 0 radical (unpaired) electrons. The van der Waals surface area contributed by atoms with Crippen LogP contribution in [-0.4, -0.2) is 93.5 Å². The fourth-order valence-electron chi connectivity index (χ4n) is 8.66. The van der Waals surface area contributed by atoms with E-state index in [-0.39, 0.29) is 42.1 Å². The first-order valence-corrected chi connectivity index (χ1v) is 19.6. The highest BCUT2D eigenvalue weighted by atomic mass is 79.9. The molecule has 3 aliphatic rings. The van der Waals surface area contributed by atoms with Crippen LogP contribution in [-0.2, 0) is 28.7 Å². The Morgan fingerprint density at radius 2 is 1.72 bits per heavy atom. The number of esters is 1. The van der Waals surface area contributed by atoms with Gasteiger partial charge in [-0.05, 0) is 54.2 Å². The second-order valence-corrected chi connectivity index (χ2v) is 16.2. The first-order valence-electron chi connectivity index (χ1n) is 18.7. The highest BCUT2D eigenvalue weighted by Gasteiger charge is 2.78. The third-order valence-electron chi connectivity index (χ3n) is 11.5. The number of carbonyl (C=O) groups excluding carboxylic acids is 4. The molecule has 9 atom stereocenters. The molecule has 6 rings (SSSR count). The number of amides is 3. The molecule has 3 aromatic carbocycles. The van der Waals surface area contributed by atoms with Gasteiger partial charge < -0.3 is 29.3 Å². The van der Waals surface area contributed by atoms with Gasteiger partial charge in [0.05, 0.1) is 36.6 Å². The molecule has 286 valence electrons. The zero-order valence-electron chi connectivity index (χ0n) is 31.3. The third kappa shape index (κ3) is 6.90. The Morgan fingerprint density at radius 3 is 2.37 bits per heavy atom. The summed E-state index contributed by atoms with van der Waals surface area (Å²) in [5, 5.41) is 12.7. The van der Waals surface area contributed by atoms with Gasteiger partial charge in [-0.3, -0.25) is 19.2 Å². The zero-order valence-corrected chi connectivity index (χ0v) is 32.9. The molecule has 54 heavy (non-hydrogen) atoms. The molecular weight excluding hydrogens is 750 g/mol. The maximum Gasteiger partial charge on any atom is 0.313 e. The van der Waals surface area contributed by atoms with Crippen molar-refractivity contribution in [3.8, 4) is 0 Å². The summed E-state index contributed by atoms with van der Waals surface area (Å²) in [7, 11) is 1.68. The Balaban J connectivity index is 1.40. The van der Waals surface area contributed by atoms with Crippen LogP contribution < -0.4 is 4.90 Å². The van der Waals surface area contributed by atoms with E-state index in [0.717, 1.165) is 10.8 Å². The van der Waals surface area contributed by atoms with Crippen molar-refractivity contribution in [2.75, 3.05) is 25.1 Å². The van der Waals surface area contributed by atoms with Crippen molar-refractivity contribution < 1.29 is 33.8 Å². The topological polar surface area (TPSA) is 117 Å². The van der Waals surface area contributed by atoms with Gasteiger partial charge in [-0.25, -0.2) is 0 Å². The molecule has 0 saturated carbocycles. The van der Waals surface area contributed by atoms with E-state index in [0.29, 0.717) is 24.1 Å². The van der Waals surface area contributed by atoms with Crippen molar-refractivity contribution in [1.29, 1.82) is 0 Å². The predicted octanol–water partition coefficient (Wildman–Crippen LogP) is 6.22. The van der Waals surface area contributed by atoms with E-state index in [9.17, 15) is 19.5 Å². The van der Waals surface area contributed by atoms with Gasteiger partial charge in [-0.2, -0.15) is 0 Å². The molecule has 3 aliphatic heterocycles. The van der Waals surface area contributed by atoms with E-state index in [1.807, 2.05) is 93.6 Å². The molecule has 3 aromatic rings. The van der Waals surface area contributed by atoms with Gasteiger partial charge >= 0.3 is 5.97 Å². The van der Waals surface area contributed by atoms with Gasteiger partial charge in [-0.15, -0.1) is 13.2 Å². The van der Waals surface area contributed by atoms with Crippen LogP contribution in [0.1, 0.15) is 51.7 Å². The molecule has 0 aliphatic carbocycles. The van der Waals surface area contributed by atoms with E-state index in [2.05, 4.69) is 29.1 Å². The standard InChI is InChI=1S/C43H50BrN3O7/c1-7-9-19-34(49)45(6)27(5)37(29-16-11-10-12-17-29)53-42(52)35-36-40(50)47(33(25-48)26(3)4)39(43(36)24-32(44)38(35)54-43)41(51)46(22-8-2)31-21-20-28-15-13-14-18-30(28)23-31/h7-8,10-18,20-21,23,26-27,32-33,35-39,48H,1-2,9,19,22,24-25H2,3-6H3/t27-,32?,33-,35-,36+,37+,38-,39-,43+/m0/s1. The number of alkyl halides is 1. The quantitative estimate of drug-likeness (QED) is 0.110. The number of nitrogens with zero attached hydrogens (tertiary/aromatic N) is 3. The minimum Gasteiger partial charge on any atom is -0.455 e. The largest absolute Gasteiger partial charge is 0.455 e.